The Morgan fingerprint density at radius 1 is 1.24 bits per heavy atom. The Bertz CT molecular complexity index is 872. The third-order valence-corrected chi connectivity index (χ3v) is 4.28. The van der Waals surface area contributed by atoms with Crippen LogP contribution in [0.5, 0.6) is 5.75 Å². The van der Waals surface area contributed by atoms with Crippen LogP contribution in [0, 0.1) is 0 Å². The number of ketones is 1. The van der Waals surface area contributed by atoms with Crippen LogP contribution in [0.4, 0.5) is 5.69 Å². The fourth-order valence-corrected chi connectivity index (χ4v) is 2.95. The first kappa shape index (κ1) is 17.0. The van der Waals surface area contributed by atoms with Crippen LogP contribution in [-0.4, -0.2) is 29.4 Å². The number of fused-ring (bicyclic) bond motifs is 1. The largest absolute Gasteiger partial charge is 0.482 e. The predicted molar refractivity (Wildman–Crippen MR) is 94.3 cm³/mol. The topological polar surface area (TPSA) is 68.6 Å². The minimum absolute atomic E-state index is 0.0100. The van der Waals surface area contributed by atoms with Crippen molar-refractivity contribution < 1.29 is 14.3 Å². The van der Waals surface area contributed by atoms with Crippen molar-refractivity contribution >= 4 is 17.4 Å². The second kappa shape index (κ2) is 6.93. The van der Waals surface area contributed by atoms with Crippen molar-refractivity contribution in [2.24, 2.45) is 0 Å². The highest BCUT2D eigenvalue weighted by molar-refractivity contribution is 6.03. The van der Waals surface area contributed by atoms with E-state index in [-0.39, 0.29) is 23.9 Å². The molecule has 1 atom stereocenters. The summed E-state index contributed by atoms with van der Waals surface area (Å²) in [4.78, 5) is 38.5. The monoisotopic (exact) mass is 340 g/mol. The van der Waals surface area contributed by atoms with E-state index in [1.165, 1.54) is 10.6 Å². The zero-order valence-corrected chi connectivity index (χ0v) is 14.3. The molecule has 130 valence electrons. The van der Waals surface area contributed by atoms with E-state index in [0.29, 0.717) is 23.5 Å². The number of carbonyl (C=O) groups is 2. The molecule has 0 saturated heterocycles. The zero-order chi connectivity index (χ0) is 18.0. The highest BCUT2D eigenvalue weighted by Gasteiger charge is 2.27. The highest BCUT2D eigenvalue weighted by atomic mass is 16.5. The van der Waals surface area contributed by atoms with Gasteiger partial charge in [0.1, 0.15) is 5.75 Å². The van der Waals surface area contributed by atoms with Crippen LogP contribution in [0.15, 0.2) is 47.4 Å². The Morgan fingerprint density at radius 2 is 2.04 bits per heavy atom. The van der Waals surface area contributed by atoms with Gasteiger partial charge in [0, 0.05) is 24.4 Å². The molecule has 0 radical (unpaired) electrons. The van der Waals surface area contributed by atoms with Crippen LogP contribution >= 0.6 is 0 Å². The molecule has 1 amide bonds. The smallest absolute Gasteiger partial charge is 0.265 e. The lowest BCUT2D eigenvalue weighted by molar-refractivity contribution is -0.121. The van der Waals surface area contributed by atoms with E-state index in [2.05, 4.69) is 0 Å². The van der Waals surface area contributed by atoms with Crippen LogP contribution in [0.25, 0.3) is 0 Å². The van der Waals surface area contributed by atoms with Crippen molar-refractivity contribution in [1.82, 2.24) is 4.57 Å². The van der Waals surface area contributed by atoms with Gasteiger partial charge in [-0.2, -0.15) is 0 Å². The molecule has 2 heterocycles. The maximum absolute atomic E-state index is 12.8. The lowest BCUT2D eigenvalue weighted by Gasteiger charge is -2.29. The maximum Gasteiger partial charge on any atom is 0.265 e. The summed E-state index contributed by atoms with van der Waals surface area (Å²) in [6, 6.07) is 9.20. The van der Waals surface area contributed by atoms with Crippen molar-refractivity contribution in [1.29, 1.82) is 0 Å². The summed E-state index contributed by atoms with van der Waals surface area (Å²) in [5.41, 5.74) is 0.824. The molecule has 1 aromatic carbocycles. The fourth-order valence-electron chi connectivity index (χ4n) is 2.95. The van der Waals surface area contributed by atoms with Crippen molar-refractivity contribution in [3.63, 3.8) is 0 Å². The van der Waals surface area contributed by atoms with E-state index in [1.807, 2.05) is 6.92 Å². The Morgan fingerprint density at radius 3 is 2.76 bits per heavy atom. The summed E-state index contributed by atoms with van der Waals surface area (Å²) in [5.74, 6) is 0.283. The number of Topliss-reactive ketones (excluding diaryl/α,β-unsaturated/α-hetero) is 1. The van der Waals surface area contributed by atoms with Crippen LogP contribution in [0.2, 0.25) is 0 Å². The molecule has 1 aliphatic rings. The Balaban J connectivity index is 1.96. The Kier molecular flexibility index (Phi) is 4.70. The lowest BCUT2D eigenvalue weighted by atomic mass is 10.0. The average Bonchev–Trinajstić information content (AvgIpc) is 2.63. The van der Waals surface area contributed by atoms with E-state index in [4.69, 9.17) is 4.74 Å². The maximum atomic E-state index is 12.8. The molecular formula is C19H20N2O4. The second-order valence-corrected chi connectivity index (χ2v) is 6.00. The summed E-state index contributed by atoms with van der Waals surface area (Å²) in [6.07, 6.45) is 2.40. The van der Waals surface area contributed by atoms with Gasteiger partial charge in [-0.1, -0.05) is 13.0 Å². The average molecular weight is 340 g/mol. The first-order valence-electron chi connectivity index (χ1n) is 8.31. The summed E-state index contributed by atoms with van der Waals surface area (Å²) in [6.45, 7) is 4.26. The number of anilines is 1. The van der Waals surface area contributed by atoms with Gasteiger partial charge in [0.25, 0.3) is 11.5 Å². The standard InChI is InChI=1S/C19H20N2O4/c1-3-9-21-15-11-14(7-8-16(15)25-12-18(21)23)19(24)13(2)20-10-5-4-6-17(20)22/h4-8,10-11,13H,3,9,12H2,1-2H3. The van der Waals surface area contributed by atoms with Crippen molar-refractivity contribution in [2.45, 2.75) is 26.3 Å². The van der Waals surface area contributed by atoms with E-state index in [1.54, 1.807) is 48.4 Å². The Labute approximate surface area is 145 Å². The molecule has 0 fully saturated rings. The summed E-state index contributed by atoms with van der Waals surface area (Å²) in [7, 11) is 0. The van der Waals surface area contributed by atoms with Gasteiger partial charge < -0.3 is 14.2 Å². The summed E-state index contributed by atoms with van der Waals surface area (Å²) >= 11 is 0. The summed E-state index contributed by atoms with van der Waals surface area (Å²) < 4.78 is 6.85. The molecule has 0 aliphatic carbocycles. The van der Waals surface area contributed by atoms with Crippen molar-refractivity contribution in [3.05, 3.63) is 58.5 Å². The summed E-state index contributed by atoms with van der Waals surface area (Å²) in [5, 5.41) is 0. The quantitative estimate of drug-likeness (QED) is 0.784. The molecule has 6 heteroatoms. The minimum atomic E-state index is -0.633. The lowest BCUT2D eigenvalue weighted by Crippen LogP contribution is -2.39. The SMILES string of the molecule is CCCN1C(=O)COc2ccc(C(=O)C(C)n3ccccc3=O)cc21. The number of aromatic nitrogens is 1. The van der Waals surface area contributed by atoms with Gasteiger partial charge in [-0.3, -0.25) is 14.4 Å². The van der Waals surface area contributed by atoms with Crippen LogP contribution in [-0.2, 0) is 4.79 Å². The van der Waals surface area contributed by atoms with Gasteiger partial charge in [0.2, 0.25) is 0 Å². The van der Waals surface area contributed by atoms with Gasteiger partial charge >= 0.3 is 0 Å². The van der Waals surface area contributed by atoms with Gasteiger partial charge in [-0.05, 0) is 37.6 Å². The van der Waals surface area contributed by atoms with Gasteiger partial charge in [0.15, 0.2) is 12.4 Å². The number of nitrogens with zero attached hydrogens (tertiary/aromatic N) is 2. The number of carbonyl (C=O) groups excluding carboxylic acids is 2. The van der Waals surface area contributed by atoms with E-state index >= 15 is 0 Å². The second-order valence-electron chi connectivity index (χ2n) is 6.00. The third-order valence-electron chi connectivity index (χ3n) is 4.28. The number of benzene rings is 1. The van der Waals surface area contributed by atoms with Crippen LogP contribution < -0.4 is 15.2 Å². The molecule has 0 bridgehead atoms. The minimum Gasteiger partial charge on any atom is -0.482 e. The molecule has 0 spiro atoms. The van der Waals surface area contributed by atoms with Crippen molar-refractivity contribution in [2.75, 3.05) is 18.1 Å². The highest BCUT2D eigenvalue weighted by Crippen LogP contribution is 2.33. The number of ether oxygens (including phenoxy) is 1. The molecule has 1 aromatic heterocycles. The van der Waals surface area contributed by atoms with Gasteiger partial charge in [0.05, 0.1) is 11.7 Å². The number of amides is 1. The first-order valence-corrected chi connectivity index (χ1v) is 8.31. The first-order chi connectivity index (χ1) is 12.0. The third kappa shape index (κ3) is 3.20. The van der Waals surface area contributed by atoms with Gasteiger partial charge in [-0.15, -0.1) is 0 Å². The molecular weight excluding hydrogens is 320 g/mol. The molecule has 1 unspecified atom stereocenters. The number of hydrogen-bond acceptors (Lipinski definition) is 4. The van der Waals surface area contributed by atoms with E-state index < -0.39 is 6.04 Å². The normalized spacial score (nSPS) is 14.6. The number of rotatable bonds is 5. The molecule has 2 aromatic rings. The number of pyridine rings is 1. The van der Waals surface area contributed by atoms with E-state index in [0.717, 1.165) is 6.42 Å². The fraction of sp³-hybridized carbons (Fsp3) is 0.316. The van der Waals surface area contributed by atoms with Crippen molar-refractivity contribution in [3.8, 4) is 5.75 Å². The zero-order valence-electron chi connectivity index (χ0n) is 14.3. The molecule has 25 heavy (non-hydrogen) atoms. The molecule has 6 nitrogen and oxygen atoms in total. The van der Waals surface area contributed by atoms with Gasteiger partial charge in [-0.25, -0.2) is 0 Å². The van der Waals surface area contributed by atoms with E-state index in [9.17, 15) is 14.4 Å². The van der Waals surface area contributed by atoms with Crippen LogP contribution in [0.3, 0.4) is 0 Å². The molecule has 1 aliphatic heterocycles. The van der Waals surface area contributed by atoms with Crippen LogP contribution in [0.1, 0.15) is 36.7 Å². The Hall–Kier alpha value is -2.89. The predicted octanol–water partition coefficient (Wildman–Crippen LogP) is 2.43. The number of hydrogen-bond donors (Lipinski definition) is 0. The molecule has 0 N–H and O–H groups in total. The molecule has 0 saturated carbocycles. The molecule has 3 rings (SSSR count).